The lowest BCUT2D eigenvalue weighted by atomic mass is 10.2. The summed E-state index contributed by atoms with van der Waals surface area (Å²) in [5.74, 6) is -0.293. The fourth-order valence-electron chi connectivity index (χ4n) is 0.987. The minimum atomic E-state index is -0.293. The smallest absolute Gasteiger partial charge is 0.333 e. The van der Waals surface area contributed by atoms with Crippen molar-refractivity contribution in [2.24, 2.45) is 0 Å². The molecule has 1 aromatic heterocycles. The summed E-state index contributed by atoms with van der Waals surface area (Å²) in [6, 6.07) is 5.54. The summed E-state index contributed by atoms with van der Waals surface area (Å²) in [7, 11) is 0. The highest BCUT2D eigenvalue weighted by Gasteiger charge is 2.03. The fraction of sp³-hybridized carbons (Fsp3) is 0.273. The first-order chi connectivity index (χ1) is 6.74. The summed E-state index contributed by atoms with van der Waals surface area (Å²) in [4.78, 5) is 15.3. The molecule has 3 nitrogen and oxygen atoms in total. The lowest BCUT2D eigenvalue weighted by molar-refractivity contribution is -0.138. The Hall–Kier alpha value is -1.64. The van der Waals surface area contributed by atoms with Crippen LogP contribution in [0.2, 0.25) is 0 Å². The van der Waals surface area contributed by atoms with Crippen molar-refractivity contribution in [2.45, 2.75) is 13.8 Å². The standard InChI is InChI=1S/C11H13NO2/c1-3-14-11(13)9(2)8-10-6-4-5-7-12-10/h4-8H,3H2,1-2H3. The number of carbonyl (C=O) groups is 1. The molecule has 0 unspecified atom stereocenters. The third-order valence-corrected chi connectivity index (χ3v) is 1.65. The van der Waals surface area contributed by atoms with Crippen molar-refractivity contribution < 1.29 is 9.53 Å². The Labute approximate surface area is 83.4 Å². The molecule has 0 saturated heterocycles. The summed E-state index contributed by atoms with van der Waals surface area (Å²) in [5, 5.41) is 0. The summed E-state index contributed by atoms with van der Waals surface area (Å²) in [5.41, 5.74) is 1.32. The van der Waals surface area contributed by atoms with E-state index in [1.165, 1.54) is 0 Å². The highest BCUT2D eigenvalue weighted by atomic mass is 16.5. The van der Waals surface area contributed by atoms with E-state index in [4.69, 9.17) is 4.74 Å². The molecule has 0 atom stereocenters. The van der Waals surface area contributed by atoms with Gasteiger partial charge in [0.05, 0.1) is 12.3 Å². The minimum absolute atomic E-state index is 0.293. The predicted octanol–water partition coefficient (Wildman–Crippen LogP) is 2.05. The summed E-state index contributed by atoms with van der Waals surface area (Å²) < 4.78 is 4.84. The second-order valence-electron chi connectivity index (χ2n) is 2.80. The lowest BCUT2D eigenvalue weighted by Gasteiger charge is -2.00. The lowest BCUT2D eigenvalue weighted by Crippen LogP contribution is -2.04. The van der Waals surface area contributed by atoms with Gasteiger partial charge in [-0.1, -0.05) is 6.07 Å². The average molecular weight is 191 g/mol. The van der Waals surface area contributed by atoms with Gasteiger partial charge >= 0.3 is 5.97 Å². The van der Waals surface area contributed by atoms with E-state index in [9.17, 15) is 4.79 Å². The molecule has 0 saturated carbocycles. The number of hydrogen-bond donors (Lipinski definition) is 0. The van der Waals surface area contributed by atoms with Gasteiger partial charge in [-0.2, -0.15) is 0 Å². The first-order valence-electron chi connectivity index (χ1n) is 4.50. The molecular formula is C11H13NO2. The molecule has 0 bridgehead atoms. The molecule has 0 amide bonds. The number of carbonyl (C=O) groups excluding carboxylic acids is 1. The Balaban J connectivity index is 2.74. The van der Waals surface area contributed by atoms with E-state index in [2.05, 4.69) is 4.98 Å². The fourth-order valence-corrected chi connectivity index (χ4v) is 0.987. The number of rotatable bonds is 3. The molecule has 1 heterocycles. The third-order valence-electron chi connectivity index (χ3n) is 1.65. The zero-order chi connectivity index (χ0) is 10.4. The van der Waals surface area contributed by atoms with E-state index < -0.39 is 0 Å². The van der Waals surface area contributed by atoms with Gasteiger partial charge in [0.1, 0.15) is 0 Å². The molecule has 0 spiro atoms. The molecule has 0 radical (unpaired) electrons. The maximum Gasteiger partial charge on any atom is 0.333 e. The molecule has 1 rings (SSSR count). The Kier molecular flexibility index (Phi) is 3.85. The number of pyridine rings is 1. The Morgan fingerprint density at radius 2 is 2.36 bits per heavy atom. The second-order valence-corrected chi connectivity index (χ2v) is 2.80. The zero-order valence-electron chi connectivity index (χ0n) is 8.36. The van der Waals surface area contributed by atoms with Crippen LogP contribution in [0.15, 0.2) is 30.0 Å². The average Bonchev–Trinajstić information content (AvgIpc) is 2.19. The summed E-state index contributed by atoms with van der Waals surface area (Å²) in [6.07, 6.45) is 3.39. The first-order valence-corrected chi connectivity index (χ1v) is 4.50. The van der Waals surface area contributed by atoms with Crippen molar-refractivity contribution in [3.8, 4) is 0 Å². The van der Waals surface area contributed by atoms with Gasteiger partial charge in [-0.15, -0.1) is 0 Å². The topological polar surface area (TPSA) is 39.2 Å². The second kappa shape index (κ2) is 5.17. The summed E-state index contributed by atoms with van der Waals surface area (Å²) in [6.45, 7) is 3.89. The van der Waals surface area contributed by atoms with Crippen LogP contribution >= 0.6 is 0 Å². The van der Waals surface area contributed by atoms with Crippen LogP contribution in [0, 0.1) is 0 Å². The number of hydrogen-bond acceptors (Lipinski definition) is 3. The van der Waals surface area contributed by atoms with E-state index in [0.29, 0.717) is 12.2 Å². The Morgan fingerprint density at radius 3 is 2.93 bits per heavy atom. The van der Waals surface area contributed by atoms with Crippen molar-refractivity contribution >= 4 is 12.0 Å². The minimum Gasteiger partial charge on any atom is -0.463 e. The van der Waals surface area contributed by atoms with Crippen molar-refractivity contribution in [3.63, 3.8) is 0 Å². The molecule has 14 heavy (non-hydrogen) atoms. The quantitative estimate of drug-likeness (QED) is 0.542. The van der Waals surface area contributed by atoms with Gasteiger partial charge in [-0.3, -0.25) is 4.98 Å². The van der Waals surface area contributed by atoms with Gasteiger partial charge in [-0.05, 0) is 32.1 Å². The molecule has 74 valence electrons. The van der Waals surface area contributed by atoms with Crippen LogP contribution in [0.5, 0.6) is 0 Å². The van der Waals surface area contributed by atoms with Gasteiger partial charge in [0.15, 0.2) is 0 Å². The van der Waals surface area contributed by atoms with Crippen molar-refractivity contribution in [1.82, 2.24) is 4.98 Å². The molecule has 0 aromatic carbocycles. The van der Waals surface area contributed by atoms with E-state index in [-0.39, 0.29) is 5.97 Å². The highest BCUT2D eigenvalue weighted by Crippen LogP contribution is 2.04. The van der Waals surface area contributed by atoms with Crippen molar-refractivity contribution in [3.05, 3.63) is 35.7 Å². The van der Waals surface area contributed by atoms with Crippen LogP contribution in [0.1, 0.15) is 19.5 Å². The largest absolute Gasteiger partial charge is 0.463 e. The molecule has 0 fully saturated rings. The van der Waals surface area contributed by atoms with Gasteiger partial charge in [-0.25, -0.2) is 4.79 Å². The Bertz CT molecular complexity index is 330. The maximum atomic E-state index is 11.2. The van der Waals surface area contributed by atoms with Gasteiger partial charge in [0, 0.05) is 11.8 Å². The molecule has 0 aliphatic carbocycles. The van der Waals surface area contributed by atoms with Crippen LogP contribution in [-0.4, -0.2) is 17.6 Å². The van der Waals surface area contributed by atoms with E-state index >= 15 is 0 Å². The normalized spacial score (nSPS) is 11.1. The number of esters is 1. The zero-order valence-corrected chi connectivity index (χ0v) is 8.36. The molecule has 3 heteroatoms. The highest BCUT2D eigenvalue weighted by molar-refractivity contribution is 5.92. The monoisotopic (exact) mass is 191 g/mol. The van der Waals surface area contributed by atoms with Crippen LogP contribution < -0.4 is 0 Å². The van der Waals surface area contributed by atoms with Crippen molar-refractivity contribution in [2.75, 3.05) is 6.61 Å². The number of nitrogens with zero attached hydrogens (tertiary/aromatic N) is 1. The maximum absolute atomic E-state index is 11.2. The van der Waals surface area contributed by atoms with Crippen LogP contribution in [0.4, 0.5) is 0 Å². The van der Waals surface area contributed by atoms with Crippen LogP contribution in [-0.2, 0) is 9.53 Å². The molecule has 0 N–H and O–H groups in total. The third kappa shape index (κ3) is 3.01. The van der Waals surface area contributed by atoms with E-state index in [1.54, 1.807) is 26.1 Å². The van der Waals surface area contributed by atoms with Crippen LogP contribution in [0.3, 0.4) is 0 Å². The SMILES string of the molecule is CCOC(=O)C(C)=Cc1ccccn1. The van der Waals surface area contributed by atoms with Crippen LogP contribution in [0.25, 0.3) is 6.08 Å². The molecular weight excluding hydrogens is 178 g/mol. The van der Waals surface area contributed by atoms with Gasteiger partial charge in [0.2, 0.25) is 0 Å². The number of ether oxygens (including phenoxy) is 1. The first kappa shape index (κ1) is 10.4. The summed E-state index contributed by atoms with van der Waals surface area (Å²) >= 11 is 0. The van der Waals surface area contributed by atoms with E-state index in [1.807, 2.05) is 18.2 Å². The molecule has 1 aromatic rings. The Morgan fingerprint density at radius 1 is 1.57 bits per heavy atom. The number of aromatic nitrogens is 1. The molecule has 0 aliphatic rings. The van der Waals surface area contributed by atoms with Gasteiger partial charge in [0.25, 0.3) is 0 Å². The van der Waals surface area contributed by atoms with Gasteiger partial charge < -0.3 is 4.74 Å². The van der Waals surface area contributed by atoms with Crippen molar-refractivity contribution in [1.29, 1.82) is 0 Å². The molecule has 0 aliphatic heterocycles. The van der Waals surface area contributed by atoms with E-state index in [0.717, 1.165) is 5.69 Å². The predicted molar refractivity (Wildman–Crippen MR) is 54.5 cm³/mol.